The number of rotatable bonds is 3. The summed E-state index contributed by atoms with van der Waals surface area (Å²) in [7, 11) is 1.50. The highest BCUT2D eigenvalue weighted by atomic mass is 16.5. The molecule has 4 rings (SSSR count). The first-order chi connectivity index (χ1) is 12.2. The molecule has 0 radical (unpaired) electrons. The second-order valence-corrected chi connectivity index (χ2v) is 5.95. The smallest absolute Gasteiger partial charge is 0.347 e. The fraction of sp³-hybridized carbons (Fsp3) is 0.200. The number of hydrogen-bond donors (Lipinski definition) is 0. The lowest BCUT2D eigenvalue weighted by Crippen LogP contribution is -2.10. The molecule has 3 aromatic rings. The number of hydrogen-bond acceptors (Lipinski definition) is 5. The van der Waals surface area contributed by atoms with Crippen molar-refractivity contribution in [1.82, 2.24) is 0 Å². The average Bonchev–Trinajstić information content (AvgIpc) is 3.12. The van der Waals surface area contributed by atoms with Crippen LogP contribution in [0.1, 0.15) is 27.9 Å². The van der Waals surface area contributed by atoms with Gasteiger partial charge < -0.3 is 13.9 Å². The SMILES string of the molecule is COc1ccccc1C(=O)Oc1ccc2c3c(c(=O)oc2c1)CCC3. The monoisotopic (exact) mass is 336 g/mol. The van der Waals surface area contributed by atoms with Crippen LogP contribution in [-0.4, -0.2) is 13.1 Å². The van der Waals surface area contributed by atoms with Crippen LogP contribution in [0.4, 0.5) is 0 Å². The molecular weight excluding hydrogens is 320 g/mol. The number of methoxy groups -OCH3 is 1. The van der Waals surface area contributed by atoms with E-state index in [2.05, 4.69) is 0 Å². The molecule has 0 saturated heterocycles. The van der Waals surface area contributed by atoms with Crippen LogP contribution in [0.25, 0.3) is 11.0 Å². The van der Waals surface area contributed by atoms with Crippen LogP contribution in [0, 0.1) is 0 Å². The molecule has 0 unspecified atom stereocenters. The van der Waals surface area contributed by atoms with Gasteiger partial charge in [0.05, 0.1) is 7.11 Å². The molecule has 1 heterocycles. The highest BCUT2D eigenvalue weighted by molar-refractivity contribution is 5.94. The van der Waals surface area contributed by atoms with Crippen LogP contribution >= 0.6 is 0 Å². The molecule has 0 aliphatic heterocycles. The summed E-state index contributed by atoms with van der Waals surface area (Å²) in [5, 5.41) is 0.907. The predicted molar refractivity (Wildman–Crippen MR) is 92.5 cm³/mol. The number of carbonyl (C=O) groups is 1. The van der Waals surface area contributed by atoms with Crippen molar-refractivity contribution in [3.8, 4) is 11.5 Å². The van der Waals surface area contributed by atoms with E-state index in [0.29, 0.717) is 22.6 Å². The third-order valence-corrected chi connectivity index (χ3v) is 4.48. The standard InChI is InChI=1S/C20H16O5/c1-23-17-8-3-2-5-16(17)20(22)24-12-9-10-14-13-6-4-7-15(13)19(21)25-18(14)11-12/h2-3,5,8-11H,4,6-7H2,1H3. The Kier molecular flexibility index (Phi) is 3.76. The molecular formula is C20H16O5. The number of para-hydroxylation sites is 1. The minimum atomic E-state index is -0.527. The van der Waals surface area contributed by atoms with Crippen molar-refractivity contribution in [3.05, 3.63) is 69.6 Å². The Bertz CT molecular complexity index is 1030. The Balaban J connectivity index is 1.70. The van der Waals surface area contributed by atoms with Crippen LogP contribution in [0.2, 0.25) is 0 Å². The molecule has 1 aliphatic rings. The number of benzene rings is 2. The summed E-state index contributed by atoms with van der Waals surface area (Å²) in [5.41, 5.74) is 2.30. The van der Waals surface area contributed by atoms with Crippen molar-refractivity contribution in [2.45, 2.75) is 19.3 Å². The Morgan fingerprint density at radius 3 is 2.72 bits per heavy atom. The lowest BCUT2D eigenvalue weighted by Gasteiger charge is -2.09. The molecule has 0 amide bonds. The fourth-order valence-corrected chi connectivity index (χ4v) is 3.30. The minimum Gasteiger partial charge on any atom is -0.496 e. The Hall–Kier alpha value is -3.08. The molecule has 5 heteroatoms. The largest absolute Gasteiger partial charge is 0.496 e. The molecule has 2 aromatic carbocycles. The second-order valence-electron chi connectivity index (χ2n) is 5.95. The van der Waals surface area contributed by atoms with Gasteiger partial charge in [0.1, 0.15) is 22.6 Å². The Labute approximate surface area is 143 Å². The van der Waals surface area contributed by atoms with Crippen LogP contribution < -0.4 is 15.1 Å². The molecule has 0 spiro atoms. The molecule has 0 N–H and O–H groups in total. The lowest BCUT2D eigenvalue weighted by atomic mass is 10.1. The normalized spacial score (nSPS) is 12.8. The summed E-state index contributed by atoms with van der Waals surface area (Å²) in [5.74, 6) is 0.238. The van der Waals surface area contributed by atoms with Crippen molar-refractivity contribution in [2.75, 3.05) is 7.11 Å². The third kappa shape index (κ3) is 2.67. The van der Waals surface area contributed by atoms with E-state index >= 15 is 0 Å². The number of esters is 1. The molecule has 0 bridgehead atoms. The van der Waals surface area contributed by atoms with Crippen molar-refractivity contribution in [1.29, 1.82) is 0 Å². The van der Waals surface area contributed by atoms with Gasteiger partial charge in [-0.1, -0.05) is 12.1 Å². The molecule has 1 aliphatic carbocycles. The van der Waals surface area contributed by atoms with Crippen molar-refractivity contribution < 1.29 is 18.7 Å². The van der Waals surface area contributed by atoms with Gasteiger partial charge in [-0.3, -0.25) is 0 Å². The maximum absolute atomic E-state index is 12.4. The van der Waals surface area contributed by atoms with Gasteiger partial charge in [0.25, 0.3) is 0 Å². The molecule has 126 valence electrons. The van der Waals surface area contributed by atoms with Crippen molar-refractivity contribution in [2.24, 2.45) is 0 Å². The number of carbonyl (C=O) groups excluding carboxylic acids is 1. The van der Waals surface area contributed by atoms with Gasteiger partial charge in [-0.25, -0.2) is 9.59 Å². The fourth-order valence-electron chi connectivity index (χ4n) is 3.30. The summed E-state index contributed by atoms with van der Waals surface area (Å²) < 4.78 is 16.0. The van der Waals surface area contributed by atoms with Gasteiger partial charge in [0.15, 0.2) is 0 Å². The number of aryl methyl sites for hydroxylation is 1. The van der Waals surface area contributed by atoms with Crippen molar-refractivity contribution >= 4 is 16.9 Å². The van der Waals surface area contributed by atoms with Gasteiger partial charge >= 0.3 is 11.6 Å². The highest BCUT2D eigenvalue weighted by Crippen LogP contribution is 2.30. The first-order valence-electron chi connectivity index (χ1n) is 8.11. The summed E-state index contributed by atoms with van der Waals surface area (Å²) in [6.07, 6.45) is 2.60. The summed E-state index contributed by atoms with van der Waals surface area (Å²) >= 11 is 0. The molecule has 1 aromatic heterocycles. The van der Waals surface area contributed by atoms with E-state index < -0.39 is 5.97 Å². The first kappa shape index (κ1) is 15.4. The Morgan fingerprint density at radius 2 is 1.88 bits per heavy atom. The van der Waals surface area contributed by atoms with E-state index in [1.807, 2.05) is 6.07 Å². The summed E-state index contributed by atoms with van der Waals surface area (Å²) in [4.78, 5) is 24.5. The van der Waals surface area contributed by atoms with Gasteiger partial charge in [-0.2, -0.15) is 0 Å². The van der Waals surface area contributed by atoms with Crippen molar-refractivity contribution in [3.63, 3.8) is 0 Å². The lowest BCUT2D eigenvalue weighted by molar-refractivity contribution is 0.0731. The second kappa shape index (κ2) is 6.09. The van der Waals surface area contributed by atoms with Crippen LogP contribution in [0.15, 0.2) is 51.7 Å². The molecule has 0 saturated carbocycles. The van der Waals surface area contributed by atoms with E-state index in [4.69, 9.17) is 13.9 Å². The van der Waals surface area contributed by atoms with Gasteiger partial charge in [0.2, 0.25) is 0 Å². The minimum absolute atomic E-state index is 0.298. The summed E-state index contributed by atoms with van der Waals surface area (Å²) in [6.45, 7) is 0. The van der Waals surface area contributed by atoms with E-state index in [1.54, 1.807) is 36.4 Å². The first-order valence-corrected chi connectivity index (χ1v) is 8.11. The quantitative estimate of drug-likeness (QED) is 0.416. The van der Waals surface area contributed by atoms with Gasteiger partial charge in [0, 0.05) is 17.0 Å². The molecule has 0 fully saturated rings. The zero-order valence-corrected chi connectivity index (χ0v) is 13.7. The maximum atomic E-state index is 12.4. The van der Waals surface area contributed by atoms with E-state index in [-0.39, 0.29) is 5.63 Å². The van der Waals surface area contributed by atoms with E-state index in [9.17, 15) is 9.59 Å². The van der Waals surface area contributed by atoms with Gasteiger partial charge in [-0.05, 0) is 49.1 Å². The maximum Gasteiger partial charge on any atom is 0.347 e. The number of fused-ring (bicyclic) bond motifs is 3. The topological polar surface area (TPSA) is 65.7 Å². The Morgan fingerprint density at radius 1 is 1.08 bits per heavy atom. The van der Waals surface area contributed by atoms with E-state index in [1.165, 1.54) is 7.11 Å². The summed E-state index contributed by atoms with van der Waals surface area (Å²) in [6, 6.07) is 12.0. The zero-order chi connectivity index (χ0) is 17.4. The van der Waals surface area contributed by atoms with Crippen LogP contribution in [0.5, 0.6) is 11.5 Å². The van der Waals surface area contributed by atoms with Gasteiger partial charge in [-0.15, -0.1) is 0 Å². The molecule has 0 atom stereocenters. The molecule has 25 heavy (non-hydrogen) atoms. The number of ether oxygens (including phenoxy) is 2. The average molecular weight is 336 g/mol. The van der Waals surface area contributed by atoms with E-state index in [0.717, 1.165) is 35.8 Å². The molecule has 5 nitrogen and oxygen atoms in total. The van der Waals surface area contributed by atoms with Crippen LogP contribution in [-0.2, 0) is 12.8 Å². The van der Waals surface area contributed by atoms with Crippen LogP contribution in [0.3, 0.4) is 0 Å². The third-order valence-electron chi connectivity index (χ3n) is 4.48. The highest BCUT2D eigenvalue weighted by Gasteiger charge is 2.20. The predicted octanol–water partition coefficient (Wildman–Crippen LogP) is 3.51. The zero-order valence-electron chi connectivity index (χ0n) is 13.7.